The van der Waals surface area contributed by atoms with Crippen LogP contribution in [0.2, 0.25) is 0 Å². The number of carbonyl (C=O) groups is 4. The fraction of sp³-hybridized carbons (Fsp3) is 0.304. The number of fused-ring (bicyclic) bond motifs is 2. The maximum atomic E-state index is 13.0. The van der Waals surface area contributed by atoms with Crippen LogP contribution in [-0.2, 0) is 9.53 Å². The Balaban J connectivity index is 1.98. The molecule has 0 aromatic heterocycles. The van der Waals surface area contributed by atoms with Gasteiger partial charge in [-0.25, -0.2) is 4.79 Å². The summed E-state index contributed by atoms with van der Waals surface area (Å²) in [4.78, 5) is 63.4. The summed E-state index contributed by atoms with van der Waals surface area (Å²) in [5.74, 6) is -2.85. The van der Waals surface area contributed by atoms with Crippen LogP contribution >= 0.6 is 0 Å². The molecule has 0 radical (unpaired) electrons. The molecule has 0 N–H and O–H groups in total. The zero-order valence-electron chi connectivity index (χ0n) is 18.1. The van der Waals surface area contributed by atoms with Gasteiger partial charge in [0.1, 0.15) is 11.1 Å². The van der Waals surface area contributed by atoms with E-state index in [0.29, 0.717) is 0 Å². The zero-order chi connectivity index (χ0) is 23.7. The van der Waals surface area contributed by atoms with Crippen molar-refractivity contribution in [1.29, 1.82) is 0 Å². The number of benzene rings is 2. The Bertz CT molecular complexity index is 1140. The number of nitrogens with zero attached hydrogens (tertiary/aromatic N) is 2. The van der Waals surface area contributed by atoms with Gasteiger partial charge in [-0.1, -0.05) is 24.3 Å². The summed E-state index contributed by atoms with van der Waals surface area (Å²) in [6.07, 6.45) is 0. The van der Waals surface area contributed by atoms with Gasteiger partial charge < -0.3 is 9.64 Å². The molecular formula is C23H22N2O7. The van der Waals surface area contributed by atoms with Crippen LogP contribution in [0.4, 0.5) is 5.69 Å². The van der Waals surface area contributed by atoms with Gasteiger partial charge in [0.15, 0.2) is 12.4 Å². The molecule has 9 heteroatoms. The van der Waals surface area contributed by atoms with E-state index in [1.807, 2.05) is 27.7 Å². The second-order valence-corrected chi connectivity index (χ2v) is 7.91. The third-order valence-corrected chi connectivity index (χ3v) is 5.20. The Labute approximate surface area is 184 Å². The molecule has 0 atom stereocenters. The van der Waals surface area contributed by atoms with Gasteiger partial charge in [0.25, 0.3) is 11.6 Å². The molecule has 0 heterocycles. The van der Waals surface area contributed by atoms with Crippen LogP contribution < -0.4 is 0 Å². The number of esters is 1. The van der Waals surface area contributed by atoms with E-state index in [0.717, 1.165) is 6.07 Å². The van der Waals surface area contributed by atoms with Gasteiger partial charge in [0.2, 0.25) is 5.78 Å². The van der Waals surface area contributed by atoms with Crippen molar-refractivity contribution in [2.75, 3.05) is 6.61 Å². The highest BCUT2D eigenvalue weighted by atomic mass is 16.6. The standard InChI is InChI=1S/C23H22N2O7/c1-12(2)24(13(3)4)18(26)11-32-23(29)17-10-9-16-19(20(17)25(30)31)22(28)15-8-6-5-7-14(15)21(16)27/h5-10,12-13H,11H2,1-4H3. The van der Waals surface area contributed by atoms with Gasteiger partial charge in [-0.3, -0.25) is 24.5 Å². The van der Waals surface area contributed by atoms with Gasteiger partial charge in [0, 0.05) is 28.8 Å². The quantitative estimate of drug-likeness (QED) is 0.329. The van der Waals surface area contributed by atoms with Gasteiger partial charge in [-0.15, -0.1) is 0 Å². The number of hydrogen-bond acceptors (Lipinski definition) is 7. The zero-order valence-corrected chi connectivity index (χ0v) is 18.1. The molecule has 166 valence electrons. The molecule has 0 bridgehead atoms. The normalized spacial score (nSPS) is 12.4. The van der Waals surface area contributed by atoms with Gasteiger partial charge >= 0.3 is 5.97 Å². The molecule has 1 aliphatic carbocycles. The number of ether oxygens (including phenoxy) is 1. The van der Waals surface area contributed by atoms with Crippen LogP contribution in [0.25, 0.3) is 0 Å². The lowest BCUT2D eigenvalue weighted by Gasteiger charge is -2.30. The first-order chi connectivity index (χ1) is 15.1. The fourth-order valence-electron chi connectivity index (χ4n) is 3.98. The Hall–Kier alpha value is -3.88. The van der Waals surface area contributed by atoms with E-state index in [1.165, 1.54) is 23.1 Å². The third-order valence-electron chi connectivity index (χ3n) is 5.20. The Morgan fingerprint density at radius 3 is 2.03 bits per heavy atom. The summed E-state index contributed by atoms with van der Waals surface area (Å²) >= 11 is 0. The summed E-state index contributed by atoms with van der Waals surface area (Å²) in [5.41, 5.74) is -1.75. The molecule has 3 rings (SSSR count). The van der Waals surface area contributed by atoms with Crippen molar-refractivity contribution in [3.8, 4) is 0 Å². The second-order valence-electron chi connectivity index (χ2n) is 7.91. The minimum Gasteiger partial charge on any atom is -0.452 e. The molecular weight excluding hydrogens is 416 g/mol. The number of hydrogen-bond donors (Lipinski definition) is 0. The van der Waals surface area contributed by atoms with E-state index in [-0.39, 0.29) is 28.8 Å². The SMILES string of the molecule is CC(C)N(C(=O)COC(=O)c1ccc2c(c1[N+](=O)[O-])C(=O)c1ccccc1C2=O)C(C)C. The van der Waals surface area contributed by atoms with Gasteiger partial charge in [-0.2, -0.15) is 0 Å². The number of rotatable bonds is 6. The van der Waals surface area contributed by atoms with Crippen molar-refractivity contribution < 1.29 is 28.8 Å². The minimum atomic E-state index is -1.13. The van der Waals surface area contributed by atoms with Crippen LogP contribution in [0.5, 0.6) is 0 Å². The summed E-state index contributed by atoms with van der Waals surface area (Å²) < 4.78 is 5.05. The van der Waals surface area contributed by atoms with Crippen LogP contribution in [0.1, 0.15) is 69.9 Å². The molecule has 0 aliphatic heterocycles. The Morgan fingerprint density at radius 1 is 0.938 bits per heavy atom. The number of amides is 1. The van der Waals surface area contributed by atoms with Crippen molar-refractivity contribution in [1.82, 2.24) is 4.90 Å². The number of nitro groups is 1. The first-order valence-corrected chi connectivity index (χ1v) is 10.0. The fourth-order valence-corrected chi connectivity index (χ4v) is 3.98. The number of carbonyl (C=O) groups excluding carboxylic acids is 4. The minimum absolute atomic E-state index is 0.0262. The van der Waals surface area contributed by atoms with Crippen molar-refractivity contribution >= 4 is 29.1 Å². The molecule has 2 aromatic rings. The molecule has 0 unspecified atom stereocenters. The van der Waals surface area contributed by atoms with E-state index in [2.05, 4.69) is 0 Å². The van der Waals surface area contributed by atoms with Crippen LogP contribution in [0.15, 0.2) is 36.4 Å². The van der Waals surface area contributed by atoms with Crippen molar-refractivity contribution in [3.63, 3.8) is 0 Å². The second kappa shape index (κ2) is 8.70. The average molecular weight is 438 g/mol. The van der Waals surface area contributed by atoms with E-state index in [1.54, 1.807) is 12.1 Å². The summed E-state index contributed by atoms with van der Waals surface area (Å²) in [5, 5.41) is 11.8. The number of nitro benzene ring substituents is 1. The molecule has 2 aromatic carbocycles. The third kappa shape index (κ3) is 3.89. The topological polar surface area (TPSA) is 124 Å². The van der Waals surface area contributed by atoms with Gasteiger partial charge in [-0.05, 0) is 39.8 Å². The Morgan fingerprint density at radius 2 is 1.50 bits per heavy atom. The first kappa shape index (κ1) is 22.8. The molecule has 32 heavy (non-hydrogen) atoms. The summed E-state index contributed by atoms with van der Waals surface area (Å²) in [6, 6.07) is 8.00. The Kier molecular flexibility index (Phi) is 6.20. The van der Waals surface area contributed by atoms with E-state index >= 15 is 0 Å². The molecule has 9 nitrogen and oxygen atoms in total. The first-order valence-electron chi connectivity index (χ1n) is 10.0. The van der Waals surface area contributed by atoms with E-state index in [9.17, 15) is 29.3 Å². The molecule has 0 spiro atoms. The molecule has 0 saturated carbocycles. The maximum Gasteiger partial charge on any atom is 0.345 e. The molecule has 0 saturated heterocycles. The lowest BCUT2D eigenvalue weighted by Crippen LogP contribution is -2.44. The highest BCUT2D eigenvalue weighted by Gasteiger charge is 2.39. The van der Waals surface area contributed by atoms with Gasteiger partial charge in [0.05, 0.1) is 4.92 Å². The van der Waals surface area contributed by atoms with Crippen LogP contribution in [-0.4, -0.2) is 52.0 Å². The lowest BCUT2D eigenvalue weighted by molar-refractivity contribution is -0.385. The van der Waals surface area contributed by atoms with Crippen molar-refractivity contribution in [2.24, 2.45) is 0 Å². The van der Waals surface area contributed by atoms with Crippen LogP contribution in [0.3, 0.4) is 0 Å². The number of ketones is 2. The molecule has 0 fully saturated rings. The highest BCUT2D eigenvalue weighted by molar-refractivity contribution is 6.30. The molecule has 1 amide bonds. The van der Waals surface area contributed by atoms with Crippen LogP contribution in [0, 0.1) is 10.1 Å². The maximum absolute atomic E-state index is 13.0. The average Bonchev–Trinajstić information content (AvgIpc) is 2.74. The highest BCUT2D eigenvalue weighted by Crippen LogP contribution is 2.35. The predicted octanol–water partition coefficient (Wildman–Crippen LogP) is 3.17. The van der Waals surface area contributed by atoms with E-state index < -0.39 is 51.8 Å². The smallest absolute Gasteiger partial charge is 0.345 e. The van der Waals surface area contributed by atoms with Crippen molar-refractivity contribution in [2.45, 2.75) is 39.8 Å². The van der Waals surface area contributed by atoms with E-state index in [4.69, 9.17) is 4.74 Å². The summed E-state index contributed by atoms with van der Waals surface area (Å²) in [7, 11) is 0. The predicted molar refractivity (Wildman–Crippen MR) is 114 cm³/mol. The monoisotopic (exact) mass is 438 g/mol. The largest absolute Gasteiger partial charge is 0.452 e. The molecule has 1 aliphatic rings. The summed E-state index contributed by atoms with van der Waals surface area (Å²) in [6.45, 7) is 6.64. The van der Waals surface area contributed by atoms with Crippen molar-refractivity contribution in [3.05, 3.63) is 74.3 Å². The lowest BCUT2D eigenvalue weighted by atomic mass is 9.82.